The molecule has 0 aromatic heterocycles. The van der Waals surface area contributed by atoms with Gasteiger partial charge in [0.2, 0.25) is 0 Å². The van der Waals surface area contributed by atoms with Crippen LogP contribution in [0.25, 0.3) is 0 Å². The van der Waals surface area contributed by atoms with Crippen molar-refractivity contribution < 1.29 is 13.9 Å². The van der Waals surface area contributed by atoms with E-state index in [9.17, 15) is 13.9 Å². The number of nitrogens with zero attached hydrogens (tertiary/aromatic N) is 1. The van der Waals surface area contributed by atoms with E-state index in [1.165, 1.54) is 18.9 Å². The molecular formula is C14H19F2NO. The van der Waals surface area contributed by atoms with Crippen LogP contribution in [0.1, 0.15) is 24.8 Å². The maximum atomic E-state index is 13.4. The molecule has 0 amide bonds. The van der Waals surface area contributed by atoms with Gasteiger partial charge < -0.3 is 10.0 Å². The molecule has 1 aromatic carbocycles. The third-order valence-electron chi connectivity index (χ3n) is 3.42. The van der Waals surface area contributed by atoms with Crippen molar-refractivity contribution in [3.63, 3.8) is 0 Å². The molecule has 2 rings (SSSR count). The van der Waals surface area contributed by atoms with Gasteiger partial charge in [-0.1, -0.05) is 0 Å². The summed E-state index contributed by atoms with van der Waals surface area (Å²) in [7, 11) is 0. The second-order valence-corrected chi connectivity index (χ2v) is 4.94. The molecular weight excluding hydrogens is 236 g/mol. The van der Waals surface area contributed by atoms with E-state index >= 15 is 0 Å². The summed E-state index contributed by atoms with van der Waals surface area (Å²) >= 11 is 0. The summed E-state index contributed by atoms with van der Waals surface area (Å²) in [5.74, 6) is -0.829. The zero-order chi connectivity index (χ0) is 13.0. The largest absolute Gasteiger partial charge is 0.392 e. The van der Waals surface area contributed by atoms with Crippen LogP contribution in [0, 0.1) is 11.6 Å². The maximum absolute atomic E-state index is 13.4. The van der Waals surface area contributed by atoms with Gasteiger partial charge in [-0.25, -0.2) is 8.78 Å². The summed E-state index contributed by atoms with van der Waals surface area (Å²) in [6.07, 6.45) is 2.75. The Morgan fingerprint density at radius 1 is 1.22 bits per heavy atom. The van der Waals surface area contributed by atoms with Crippen molar-refractivity contribution in [1.29, 1.82) is 0 Å². The Morgan fingerprint density at radius 3 is 2.67 bits per heavy atom. The van der Waals surface area contributed by atoms with Crippen LogP contribution in [-0.2, 0) is 6.42 Å². The van der Waals surface area contributed by atoms with Crippen molar-refractivity contribution >= 4 is 0 Å². The highest BCUT2D eigenvalue weighted by molar-refractivity contribution is 5.18. The third-order valence-corrected chi connectivity index (χ3v) is 3.42. The van der Waals surface area contributed by atoms with E-state index < -0.39 is 17.7 Å². The Morgan fingerprint density at radius 2 is 1.94 bits per heavy atom. The zero-order valence-corrected chi connectivity index (χ0v) is 10.4. The minimum atomic E-state index is -0.467. The molecule has 1 heterocycles. The number of aliphatic hydroxyl groups excluding tert-OH is 1. The summed E-state index contributed by atoms with van der Waals surface area (Å²) in [4.78, 5) is 2.21. The topological polar surface area (TPSA) is 23.5 Å². The van der Waals surface area contributed by atoms with Gasteiger partial charge in [-0.05, 0) is 62.5 Å². The lowest BCUT2D eigenvalue weighted by Gasteiger charge is -2.19. The molecule has 1 saturated heterocycles. The first-order valence-corrected chi connectivity index (χ1v) is 6.49. The van der Waals surface area contributed by atoms with Gasteiger partial charge in [0.25, 0.3) is 0 Å². The highest BCUT2D eigenvalue weighted by atomic mass is 19.1. The smallest absolute Gasteiger partial charge is 0.126 e. The number of likely N-dealkylation sites (tertiary alicyclic amines) is 1. The molecule has 1 N–H and O–H groups in total. The quantitative estimate of drug-likeness (QED) is 0.873. The zero-order valence-electron chi connectivity index (χ0n) is 10.4. The fraction of sp³-hybridized carbons (Fsp3) is 0.571. The van der Waals surface area contributed by atoms with E-state index in [-0.39, 0.29) is 0 Å². The van der Waals surface area contributed by atoms with E-state index in [0.717, 1.165) is 25.2 Å². The van der Waals surface area contributed by atoms with Gasteiger partial charge in [0.05, 0.1) is 6.10 Å². The van der Waals surface area contributed by atoms with Crippen molar-refractivity contribution in [2.75, 3.05) is 19.6 Å². The molecule has 1 unspecified atom stereocenters. The highest BCUT2D eigenvalue weighted by Gasteiger charge is 2.16. The van der Waals surface area contributed by atoms with Gasteiger partial charge in [0.1, 0.15) is 11.6 Å². The average Bonchev–Trinajstić information content (AvgIpc) is 2.83. The first kappa shape index (κ1) is 13.4. The molecule has 1 aliphatic rings. The standard InChI is InChI=1S/C14H19F2NO/c15-12-4-6-14(16)11(9-12)3-5-13(18)10-17-7-1-2-8-17/h4,6,9,13,18H,1-3,5,7-8,10H2. The number of hydrogen-bond acceptors (Lipinski definition) is 2. The fourth-order valence-corrected chi connectivity index (χ4v) is 2.41. The summed E-state index contributed by atoms with van der Waals surface area (Å²) in [6.45, 7) is 2.70. The van der Waals surface area contributed by atoms with Gasteiger partial charge in [0.15, 0.2) is 0 Å². The first-order valence-electron chi connectivity index (χ1n) is 6.49. The first-order chi connectivity index (χ1) is 8.65. The molecule has 0 bridgehead atoms. The van der Waals surface area contributed by atoms with E-state index in [1.807, 2.05) is 0 Å². The summed E-state index contributed by atoms with van der Waals surface area (Å²) in [5, 5.41) is 9.87. The molecule has 0 saturated carbocycles. The molecule has 0 radical (unpaired) electrons. The summed E-state index contributed by atoms with van der Waals surface area (Å²) in [5.41, 5.74) is 0.343. The number of aliphatic hydroxyl groups is 1. The molecule has 18 heavy (non-hydrogen) atoms. The Balaban J connectivity index is 1.81. The summed E-state index contributed by atoms with van der Waals surface area (Å²) in [6, 6.07) is 3.45. The second kappa shape index (κ2) is 6.25. The van der Waals surface area contributed by atoms with Crippen molar-refractivity contribution in [3.8, 4) is 0 Å². The monoisotopic (exact) mass is 255 g/mol. The van der Waals surface area contributed by atoms with Crippen LogP contribution in [0.4, 0.5) is 8.78 Å². The van der Waals surface area contributed by atoms with Gasteiger partial charge >= 0.3 is 0 Å². The van der Waals surface area contributed by atoms with Gasteiger partial charge in [-0.2, -0.15) is 0 Å². The molecule has 1 fully saturated rings. The lowest BCUT2D eigenvalue weighted by molar-refractivity contribution is 0.117. The van der Waals surface area contributed by atoms with Crippen molar-refractivity contribution in [1.82, 2.24) is 4.90 Å². The molecule has 0 spiro atoms. The van der Waals surface area contributed by atoms with Crippen molar-refractivity contribution in [2.45, 2.75) is 31.8 Å². The van der Waals surface area contributed by atoms with Crippen molar-refractivity contribution in [2.24, 2.45) is 0 Å². The number of β-amino-alcohol motifs (C(OH)–C–C–N with tert-alkyl or cyclic N) is 1. The number of aryl methyl sites for hydroxylation is 1. The fourth-order valence-electron chi connectivity index (χ4n) is 2.41. The molecule has 0 aliphatic carbocycles. The number of hydrogen-bond donors (Lipinski definition) is 1. The third kappa shape index (κ3) is 3.75. The normalized spacial score (nSPS) is 18.2. The Hall–Kier alpha value is -1.00. The minimum Gasteiger partial charge on any atom is -0.392 e. The van der Waals surface area contributed by atoms with E-state index in [0.29, 0.717) is 24.9 Å². The predicted molar refractivity (Wildman–Crippen MR) is 66.4 cm³/mol. The Bertz CT molecular complexity index is 391. The van der Waals surface area contributed by atoms with Crippen LogP contribution >= 0.6 is 0 Å². The van der Waals surface area contributed by atoms with E-state index in [4.69, 9.17) is 0 Å². The number of halogens is 2. The van der Waals surface area contributed by atoms with Crippen LogP contribution in [0.15, 0.2) is 18.2 Å². The minimum absolute atomic E-state index is 0.343. The van der Waals surface area contributed by atoms with Crippen LogP contribution in [0.3, 0.4) is 0 Å². The van der Waals surface area contributed by atoms with E-state index in [1.54, 1.807) is 0 Å². The molecule has 1 aliphatic heterocycles. The maximum Gasteiger partial charge on any atom is 0.126 e. The molecule has 2 nitrogen and oxygen atoms in total. The lowest BCUT2D eigenvalue weighted by atomic mass is 10.1. The SMILES string of the molecule is OC(CCc1cc(F)ccc1F)CN1CCCC1. The van der Waals surface area contributed by atoms with E-state index in [2.05, 4.69) is 4.90 Å². The average molecular weight is 255 g/mol. The van der Waals surface area contributed by atoms with Crippen LogP contribution in [-0.4, -0.2) is 35.7 Å². The summed E-state index contributed by atoms with van der Waals surface area (Å²) < 4.78 is 26.3. The highest BCUT2D eigenvalue weighted by Crippen LogP contribution is 2.14. The van der Waals surface area contributed by atoms with Gasteiger partial charge in [-0.15, -0.1) is 0 Å². The second-order valence-electron chi connectivity index (χ2n) is 4.94. The van der Waals surface area contributed by atoms with Gasteiger partial charge in [0, 0.05) is 6.54 Å². The van der Waals surface area contributed by atoms with Crippen LogP contribution in [0.2, 0.25) is 0 Å². The van der Waals surface area contributed by atoms with Crippen molar-refractivity contribution in [3.05, 3.63) is 35.4 Å². The Kier molecular flexibility index (Phi) is 4.66. The molecule has 1 aromatic rings. The van der Waals surface area contributed by atoms with Crippen LogP contribution in [0.5, 0.6) is 0 Å². The number of benzene rings is 1. The lowest BCUT2D eigenvalue weighted by Crippen LogP contribution is -2.30. The predicted octanol–water partition coefficient (Wildman–Crippen LogP) is 2.35. The Labute approximate surface area is 106 Å². The molecule has 100 valence electrons. The molecule has 1 atom stereocenters. The molecule has 4 heteroatoms. The van der Waals surface area contributed by atoms with Crippen LogP contribution < -0.4 is 0 Å². The van der Waals surface area contributed by atoms with Gasteiger partial charge in [-0.3, -0.25) is 0 Å². The number of rotatable bonds is 5.